The fourth-order valence-corrected chi connectivity index (χ4v) is 20.3. The molecule has 8 saturated carbocycles. The van der Waals surface area contributed by atoms with E-state index in [0.717, 1.165) is 35.5 Å². The third-order valence-corrected chi connectivity index (χ3v) is 21.9. The average Bonchev–Trinajstić information content (AvgIpc) is 3.92. The van der Waals surface area contributed by atoms with Gasteiger partial charge in [-0.15, -0.1) is 0 Å². The van der Waals surface area contributed by atoms with E-state index in [4.69, 9.17) is 0 Å². The second-order valence-corrected chi connectivity index (χ2v) is 25.8. The lowest BCUT2D eigenvalue weighted by molar-refractivity contribution is -0.00505. The Hall–Kier alpha value is -7.02. The zero-order valence-electron chi connectivity index (χ0n) is 42.1. The first-order valence-corrected chi connectivity index (χ1v) is 28.7. The molecule has 8 bridgehead atoms. The van der Waals surface area contributed by atoms with Crippen LogP contribution in [-0.2, 0) is 10.8 Å². The highest BCUT2D eigenvalue weighted by Crippen LogP contribution is 2.67. The number of hydrogen-bond donors (Lipinski definition) is 0. The maximum Gasteiger partial charge on any atom is -0.000708 e. The number of rotatable bonds is 4. The van der Waals surface area contributed by atoms with Gasteiger partial charge in [-0.05, 0) is 284 Å². The third kappa shape index (κ3) is 5.12. The molecule has 8 fully saturated rings. The smallest absolute Gasteiger partial charge is 0.000708 e. The Kier molecular flexibility index (Phi) is 7.65. The summed E-state index contributed by atoms with van der Waals surface area (Å²) in [5, 5.41) is 16.6. The van der Waals surface area contributed by atoms with Crippen LogP contribution in [0.1, 0.15) is 88.2 Å². The molecule has 0 N–H and O–H groups in total. The van der Waals surface area contributed by atoms with Crippen molar-refractivity contribution in [3.05, 3.63) is 181 Å². The van der Waals surface area contributed by atoms with Crippen molar-refractivity contribution >= 4 is 64.6 Å². The molecule has 0 heterocycles. The van der Waals surface area contributed by atoms with Crippen molar-refractivity contribution in [2.24, 2.45) is 35.5 Å². The molecule has 0 nitrogen and oxygen atoms in total. The van der Waals surface area contributed by atoms with E-state index in [1.54, 1.807) is 11.1 Å². The van der Waals surface area contributed by atoms with Crippen molar-refractivity contribution in [2.45, 2.75) is 87.9 Å². The quantitative estimate of drug-likeness (QED) is 0.154. The summed E-state index contributed by atoms with van der Waals surface area (Å²) < 4.78 is 0. The minimum atomic E-state index is 0.217. The summed E-state index contributed by atoms with van der Waals surface area (Å²) in [7, 11) is 0. The van der Waals surface area contributed by atoms with Crippen LogP contribution in [0.3, 0.4) is 0 Å². The minimum Gasteiger partial charge on any atom is -0.0619 e. The molecular weight excluding hydrogens is 889 g/mol. The monoisotopic (exact) mass is 946 g/mol. The number of benzene rings is 11. The van der Waals surface area contributed by atoms with Gasteiger partial charge >= 0.3 is 0 Å². The molecule has 21 rings (SSSR count). The minimum absolute atomic E-state index is 0.217. The van der Waals surface area contributed by atoms with Crippen LogP contribution >= 0.6 is 0 Å². The Morgan fingerprint density at radius 2 is 0.689 bits per heavy atom. The van der Waals surface area contributed by atoms with Crippen LogP contribution in [0.15, 0.2) is 170 Å². The Labute approximate surface area is 433 Å². The molecule has 0 saturated heterocycles. The fraction of sp³-hybridized carbons (Fsp3) is 0.270. The summed E-state index contributed by atoms with van der Waals surface area (Å²) in [6.45, 7) is 0. The molecule has 10 aliphatic carbocycles. The standard InChI is InChI=1S/C74H58/c1-2-13-50-48(10-1)33-63-67-52(50)18-9-19-58(67)71-70(57-15-4-6-21-65(57)74-38-44-29-45(39-74)31-46(30-44)40-74)68-55-23-22-49-32-61-53-16-7-11-47-12-8-17-54(66(47)53)62(61)34-60(49)51(55)24-25-59(68)69(72(63)71)56-14-3-5-20-64(56)73-35-41-26-42(36-73)28-43(27-41)37-73/h1-25,32-34,41-46H,26-31,35-40H2. The first-order valence-electron chi connectivity index (χ1n) is 28.7. The van der Waals surface area contributed by atoms with Crippen LogP contribution in [0.25, 0.3) is 131 Å². The second kappa shape index (κ2) is 14.0. The largest absolute Gasteiger partial charge is 0.0619 e. The van der Waals surface area contributed by atoms with E-state index in [0.29, 0.717) is 0 Å². The zero-order valence-corrected chi connectivity index (χ0v) is 42.1. The van der Waals surface area contributed by atoms with Crippen LogP contribution in [-0.4, -0.2) is 0 Å². The molecule has 11 aromatic rings. The zero-order chi connectivity index (χ0) is 47.8. The summed E-state index contributed by atoms with van der Waals surface area (Å²) in [4.78, 5) is 0. The number of fused-ring (bicyclic) bond motifs is 13. The molecule has 0 aliphatic heterocycles. The maximum atomic E-state index is 2.63. The lowest BCUT2D eigenvalue weighted by Gasteiger charge is -2.57. The van der Waals surface area contributed by atoms with Crippen LogP contribution in [0, 0.1) is 35.5 Å². The van der Waals surface area contributed by atoms with E-state index in [1.807, 2.05) is 0 Å². The van der Waals surface area contributed by atoms with E-state index < -0.39 is 0 Å². The molecule has 74 heavy (non-hydrogen) atoms. The predicted molar refractivity (Wildman–Crippen MR) is 311 cm³/mol. The number of hydrogen-bond acceptors (Lipinski definition) is 0. The van der Waals surface area contributed by atoms with Gasteiger partial charge in [-0.3, -0.25) is 0 Å². The topological polar surface area (TPSA) is 0 Å². The third-order valence-electron chi connectivity index (χ3n) is 21.9. The van der Waals surface area contributed by atoms with E-state index in [2.05, 4.69) is 170 Å². The summed E-state index contributed by atoms with van der Waals surface area (Å²) in [6.07, 6.45) is 16.8. The molecule has 11 aromatic carbocycles. The van der Waals surface area contributed by atoms with E-state index >= 15 is 0 Å². The van der Waals surface area contributed by atoms with E-state index in [1.165, 1.54) is 208 Å². The first-order chi connectivity index (χ1) is 36.5. The summed E-state index contributed by atoms with van der Waals surface area (Å²) in [5.74, 6) is 5.17. The summed E-state index contributed by atoms with van der Waals surface area (Å²) in [5.41, 5.74) is 21.0. The van der Waals surface area contributed by atoms with Crippen LogP contribution < -0.4 is 0 Å². The molecule has 0 amide bonds. The molecule has 354 valence electrons. The van der Waals surface area contributed by atoms with Gasteiger partial charge in [0.2, 0.25) is 0 Å². The Bertz CT molecular complexity index is 4310. The highest BCUT2D eigenvalue weighted by atomic mass is 14.6. The highest BCUT2D eigenvalue weighted by molar-refractivity contribution is 6.35. The average molecular weight is 947 g/mol. The molecule has 0 atom stereocenters. The molecule has 0 radical (unpaired) electrons. The van der Waals surface area contributed by atoms with Gasteiger partial charge in [0.1, 0.15) is 0 Å². The van der Waals surface area contributed by atoms with Gasteiger partial charge in [-0.25, -0.2) is 0 Å². The fourth-order valence-electron chi connectivity index (χ4n) is 20.3. The van der Waals surface area contributed by atoms with E-state index in [9.17, 15) is 0 Å². The van der Waals surface area contributed by atoms with Gasteiger partial charge in [0, 0.05) is 0 Å². The van der Waals surface area contributed by atoms with Gasteiger partial charge in [-0.1, -0.05) is 152 Å². The summed E-state index contributed by atoms with van der Waals surface area (Å²) in [6, 6.07) is 68.3. The van der Waals surface area contributed by atoms with E-state index in [-0.39, 0.29) is 10.8 Å². The van der Waals surface area contributed by atoms with Crippen molar-refractivity contribution in [1.29, 1.82) is 0 Å². The Morgan fingerprint density at radius 3 is 1.35 bits per heavy atom. The van der Waals surface area contributed by atoms with Crippen LogP contribution in [0.4, 0.5) is 0 Å². The maximum absolute atomic E-state index is 2.63. The Morgan fingerprint density at radius 1 is 0.243 bits per heavy atom. The molecule has 0 heteroatoms. The van der Waals surface area contributed by atoms with Crippen molar-refractivity contribution in [3.8, 4) is 66.8 Å². The van der Waals surface area contributed by atoms with Gasteiger partial charge in [-0.2, -0.15) is 0 Å². The molecule has 0 spiro atoms. The first kappa shape index (κ1) is 40.4. The van der Waals surface area contributed by atoms with Crippen molar-refractivity contribution in [1.82, 2.24) is 0 Å². The van der Waals surface area contributed by atoms with Crippen LogP contribution in [0.2, 0.25) is 0 Å². The summed E-state index contributed by atoms with van der Waals surface area (Å²) >= 11 is 0. The lowest BCUT2D eigenvalue weighted by atomic mass is 9.47. The van der Waals surface area contributed by atoms with Crippen molar-refractivity contribution in [3.63, 3.8) is 0 Å². The molecule has 0 unspecified atom stereocenters. The Balaban J connectivity index is 0.990. The highest BCUT2D eigenvalue weighted by Gasteiger charge is 2.54. The molecule has 10 aliphatic rings. The lowest BCUT2D eigenvalue weighted by Crippen LogP contribution is -2.48. The van der Waals surface area contributed by atoms with Crippen LogP contribution in [0.5, 0.6) is 0 Å². The second-order valence-electron chi connectivity index (χ2n) is 25.8. The van der Waals surface area contributed by atoms with Crippen molar-refractivity contribution in [2.75, 3.05) is 0 Å². The predicted octanol–water partition coefficient (Wildman–Crippen LogP) is 20.2. The molecule has 0 aromatic heterocycles. The molecular formula is C74H58. The van der Waals surface area contributed by atoms with Gasteiger partial charge < -0.3 is 0 Å². The van der Waals surface area contributed by atoms with Crippen molar-refractivity contribution < 1.29 is 0 Å². The normalized spacial score (nSPS) is 27.2. The van der Waals surface area contributed by atoms with Gasteiger partial charge in [0.15, 0.2) is 0 Å². The van der Waals surface area contributed by atoms with Gasteiger partial charge in [0.25, 0.3) is 0 Å². The SMILES string of the molecule is c1ccc(C23CC4CC(CC(C4)C2)C3)c(-c2c3c(c(-c4ccccc4C45CC6CC(CC(C6)C4)C5)c4c2ccc2c5cc6c(cc5ccc24)-c2cccc4cccc-6c24)-c2cccc4c2c-3cc2ccccc24)c1. The van der Waals surface area contributed by atoms with Gasteiger partial charge in [0.05, 0.1) is 0 Å².